The summed E-state index contributed by atoms with van der Waals surface area (Å²) >= 11 is 5.84. The van der Waals surface area contributed by atoms with Crippen LogP contribution in [-0.4, -0.2) is 29.0 Å². The molecule has 0 saturated heterocycles. The molecule has 0 spiro atoms. The fraction of sp³-hybridized carbons (Fsp3) is 0.188. The van der Waals surface area contributed by atoms with Crippen LogP contribution in [-0.2, 0) is 6.42 Å². The van der Waals surface area contributed by atoms with Crippen LogP contribution < -0.4 is 10.6 Å². The second-order valence-corrected chi connectivity index (χ2v) is 5.03. The molecule has 0 atom stereocenters. The number of carbonyl (C=O) groups is 1. The van der Waals surface area contributed by atoms with Gasteiger partial charge in [-0.25, -0.2) is 9.97 Å². The van der Waals surface area contributed by atoms with Crippen molar-refractivity contribution in [3.8, 4) is 0 Å². The van der Waals surface area contributed by atoms with Crippen molar-refractivity contribution in [2.75, 3.05) is 18.4 Å². The van der Waals surface area contributed by atoms with Crippen molar-refractivity contribution >= 4 is 23.5 Å². The lowest BCUT2D eigenvalue weighted by molar-refractivity contribution is 0.0957. The van der Waals surface area contributed by atoms with Gasteiger partial charge in [0.2, 0.25) is 5.95 Å². The second kappa shape index (κ2) is 8.14. The molecule has 114 valence electrons. The largest absolute Gasteiger partial charge is 0.354 e. The highest BCUT2D eigenvalue weighted by Gasteiger charge is 2.05. The molecular formula is C16H17ClN4O. The number of anilines is 1. The Labute approximate surface area is 134 Å². The Morgan fingerprint density at radius 2 is 1.91 bits per heavy atom. The molecule has 1 aromatic heterocycles. The van der Waals surface area contributed by atoms with Gasteiger partial charge in [0.1, 0.15) is 0 Å². The number of amides is 1. The summed E-state index contributed by atoms with van der Waals surface area (Å²) in [7, 11) is 0. The minimum Gasteiger partial charge on any atom is -0.354 e. The van der Waals surface area contributed by atoms with E-state index in [9.17, 15) is 4.79 Å². The van der Waals surface area contributed by atoms with Gasteiger partial charge in [-0.15, -0.1) is 6.58 Å². The van der Waals surface area contributed by atoms with Crippen molar-refractivity contribution in [1.29, 1.82) is 0 Å². The van der Waals surface area contributed by atoms with E-state index in [1.807, 2.05) is 24.3 Å². The molecule has 0 bridgehead atoms. The summed E-state index contributed by atoms with van der Waals surface area (Å²) in [5.74, 6) is 0.279. The van der Waals surface area contributed by atoms with Crippen molar-refractivity contribution in [3.63, 3.8) is 0 Å². The van der Waals surface area contributed by atoms with Crippen LogP contribution in [0.2, 0.25) is 5.02 Å². The van der Waals surface area contributed by atoms with Gasteiger partial charge >= 0.3 is 0 Å². The second-order valence-electron chi connectivity index (χ2n) is 4.60. The molecule has 6 heteroatoms. The fourth-order valence-electron chi connectivity index (χ4n) is 1.77. The Balaban J connectivity index is 1.82. The topological polar surface area (TPSA) is 66.9 Å². The van der Waals surface area contributed by atoms with Gasteiger partial charge in [0.15, 0.2) is 0 Å². The maximum atomic E-state index is 11.7. The van der Waals surface area contributed by atoms with Crippen LogP contribution >= 0.6 is 11.6 Å². The van der Waals surface area contributed by atoms with Gasteiger partial charge in [0, 0.05) is 30.5 Å². The highest BCUT2D eigenvalue weighted by Crippen LogP contribution is 2.10. The van der Waals surface area contributed by atoms with Crippen LogP contribution in [0.15, 0.2) is 49.3 Å². The number of hydrogen-bond donors (Lipinski definition) is 2. The SMILES string of the molecule is C=CCNC(=O)c1cnc(NCCc2ccc(Cl)cc2)nc1. The molecule has 0 aliphatic heterocycles. The van der Waals surface area contributed by atoms with Crippen LogP contribution in [0.3, 0.4) is 0 Å². The zero-order chi connectivity index (χ0) is 15.8. The fourth-order valence-corrected chi connectivity index (χ4v) is 1.90. The number of nitrogens with zero attached hydrogens (tertiary/aromatic N) is 2. The van der Waals surface area contributed by atoms with E-state index in [1.165, 1.54) is 18.0 Å². The van der Waals surface area contributed by atoms with Crippen LogP contribution in [0.1, 0.15) is 15.9 Å². The summed E-state index contributed by atoms with van der Waals surface area (Å²) in [6.45, 7) is 4.66. The number of benzene rings is 1. The molecule has 0 saturated carbocycles. The van der Waals surface area contributed by atoms with E-state index < -0.39 is 0 Å². The molecule has 5 nitrogen and oxygen atoms in total. The number of aromatic nitrogens is 2. The third kappa shape index (κ3) is 4.86. The van der Waals surface area contributed by atoms with Crippen molar-refractivity contribution < 1.29 is 4.79 Å². The first-order chi connectivity index (χ1) is 10.7. The Kier molecular flexibility index (Phi) is 5.91. The molecule has 1 amide bonds. The van der Waals surface area contributed by atoms with E-state index in [2.05, 4.69) is 27.2 Å². The Bertz CT molecular complexity index is 626. The van der Waals surface area contributed by atoms with Gasteiger partial charge in [-0.05, 0) is 24.1 Å². The van der Waals surface area contributed by atoms with Crippen molar-refractivity contribution in [2.45, 2.75) is 6.42 Å². The Morgan fingerprint density at radius 3 is 2.55 bits per heavy atom. The maximum absolute atomic E-state index is 11.7. The van der Waals surface area contributed by atoms with Crippen molar-refractivity contribution in [3.05, 3.63) is 65.5 Å². The van der Waals surface area contributed by atoms with E-state index in [0.29, 0.717) is 24.6 Å². The van der Waals surface area contributed by atoms with Gasteiger partial charge in [0.25, 0.3) is 5.91 Å². The summed E-state index contributed by atoms with van der Waals surface area (Å²) in [6.07, 6.45) is 5.44. The summed E-state index contributed by atoms with van der Waals surface area (Å²) in [5.41, 5.74) is 1.60. The number of nitrogens with one attached hydrogen (secondary N) is 2. The molecule has 2 rings (SSSR count). The quantitative estimate of drug-likeness (QED) is 0.771. The predicted octanol–water partition coefficient (Wildman–Crippen LogP) is 2.70. The molecule has 1 heterocycles. The molecule has 2 N–H and O–H groups in total. The normalized spacial score (nSPS) is 10.0. The van der Waals surface area contributed by atoms with Gasteiger partial charge in [-0.3, -0.25) is 4.79 Å². The summed E-state index contributed by atoms with van der Waals surface area (Å²) in [5, 5.41) is 6.51. The van der Waals surface area contributed by atoms with Crippen molar-refractivity contribution in [1.82, 2.24) is 15.3 Å². The van der Waals surface area contributed by atoms with Crippen LogP contribution in [0.4, 0.5) is 5.95 Å². The van der Waals surface area contributed by atoms with Gasteiger partial charge in [-0.2, -0.15) is 0 Å². The summed E-state index contributed by atoms with van der Waals surface area (Å²) < 4.78 is 0. The minimum atomic E-state index is -0.215. The summed E-state index contributed by atoms with van der Waals surface area (Å²) in [4.78, 5) is 19.9. The van der Waals surface area contributed by atoms with E-state index in [0.717, 1.165) is 11.4 Å². The standard InChI is InChI=1S/C16H17ClN4O/c1-2-8-18-15(22)13-10-20-16(21-11-13)19-9-7-12-3-5-14(17)6-4-12/h2-6,10-11H,1,7-9H2,(H,18,22)(H,19,20,21). The lowest BCUT2D eigenvalue weighted by Gasteiger charge is -2.06. The molecule has 0 fully saturated rings. The molecule has 22 heavy (non-hydrogen) atoms. The van der Waals surface area contributed by atoms with Gasteiger partial charge < -0.3 is 10.6 Å². The molecule has 0 unspecified atom stereocenters. The van der Waals surface area contributed by atoms with Crippen LogP contribution in [0.5, 0.6) is 0 Å². The number of rotatable bonds is 7. The minimum absolute atomic E-state index is 0.215. The van der Waals surface area contributed by atoms with E-state index in [1.54, 1.807) is 6.08 Å². The zero-order valence-electron chi connectivity index (χ0n) is 12.1. The lowest BCUT2D eigenvalue weighted by atomic mass is 10.1. The molecule has 0 aliphatic rings. The maximum Gasteiger partial charge on any atom is 0.254 e. The summed E-state index contributed by atoms with van der Waals surface area (Å²) in [6, 6.07) is 7.70. The van der Waals surface area contributed by atoms with E-state index in [4.69, 9.17) is 11.6 Å². The van der Waals surface area contributed by atoms with Gasteiger partial charge in [-0.1, -0.05) is 29.8 Å². The average molecular weight is 317 g/mol. The third-order valence-corrected chi connectivity index (χ3v) is 3.18. The number of carbonyl (C=O) groups excluding carboxylic acids is 1. The molecule has 0 aliphatic carbocycles. The lowest BCUT2D eigenvalue weighted by Crippen LogP contribution is -2.23. The van der Waals surface area contributed by atoms with E-state index >= 15 is 0 Å². The first kappa shape index (κ1) is 16.0. The smallest absolute Gasteiger partial charge is 0.254 e. The Morgan fingerprint density at radius 1 is 1.23 bits per heavy atom. The van der Waals surface area contributed by atoms with Crippen molar-refractivity contribution in [2.24, 2.45) is 0 Å². The predicted molar refractivity (Wildman–Crippen MR) is 88.2 cm³/mol. The zero-order valence-corrected chi connectivity index (χ0v) is 12.8. The highest BCUT2D eigenvalue weighted by atomic mass is 35.5. The number of hydrogen-bond acceptors (Lipinski definition) is 4. The molecule has 1 aromatic carbocycles. The molecular weight excluding hydrogens is 300 g/mol. The molecule has 0 radical (unpaired) electrons. The number of halogens is 1. The average Bonchev–Trinajstić information content (AvgIpc) is 2.55. The third-order valence-electron chi connectivity index (χ3n) is 2.93. The van der Waals surface area contributed by atoms with Gasteiger partial charge in [0.05, 0.1) is 5.56 Å². The monoisotopic (exact) mass is 316 g/mol. The van der Waals surface area contributed by atoms with E-state index in [-0.39, 0.29) is 5.91 Å². The Hall–Kier alpha value is -2.40. The first-order valence-corrected chi connectivity index (χ1v) is 7.26. The first-order valence-electron chi connectivity index (χ1n) is 6.88. The van der Waals surface area contributed by atoms with Crippen LogP contribution in [0, 0.1) is 0 Å². The van der Waals surface area contributed by atoms with Crippen LogP contribution in [0.25, 0.3) is 0 Å². The highest BCUT2D eigenvalue weighted by molar-refractivity contribution is 6.30. The molecule has 2 aromatic rings.